The number of hydrogen-bond acceptors (Lipinski definition) is 3. The van der Waals surface area contributed by atoms with E-state index in [2.05, 4.69) is 29.0 Å². The van der Waals surface area contributed by atoms with Crippen molar-refractivity contribution in [2.75, 3.05) is 6.54 Å². The second kappa shape index (κ2) is 21.2. The molecule has 0 aromatic carbocycles. The lowest BCUT2D eigenvalue weighted by atomic mass is 10.1. The van der Waals surface area contributed by atoms with Gasteiger partial charge in [0.15, 0.2) is 0 Å². The molecular weight excluding hydrogens is 382 g/mol. The van der Waals surface area contributed by atoms with Gasteiger partial charge >= 0.3 is 11.9 Å². The summed E-state index contributed by atoms with van der Waals surface area (Å²) in [5.41, 5.74) is 0. The topological polar surface area (TPSA) is 104 Å². The van der Waals surface area contributed by atoms with Crippen molar-refractivity contribution in [2.45, 2.75) is 103 Å². The van der Waals surface area contributed by atoms with Crippen LogP contribution in [0.3, 0.4) is 0 Å². The maximum atomic E-state index is 11.3. The number of hydrogen-bond donors (Lipinski definition) is 3. The molecule has 0 aliphatic rings. The van der Waals surface area contributed by atoms with Gasteiger partial charge in [0.2, 0.25) is 5.91 Å². The molecule has 30 heavy (non-hydrogen) atoms. The van der Waals surface area contributed by atoms with Crippen LogP contribution < -0.4 is 5.32 Å². The third-order valence-corrected chi connectivity index (χ3v) is 4.57. The number of carbonyl (C=O) groups excluding carboxylic acids is 1. The van der Waals surface area contributed by atoms with E-state index in [1.807, 2.05) is 0 Å². The highest BCUT2D eigenvalue weighted by atomic mass is 16.4. The zero-order chi connectivity index (χ0) is 22.3. The zero-order valence-corrected chi connectivity index (χ0v) is 18.1. The van der Waals surface area contributed by atoms with Crippen molar-refractivity contribution in [3.8, 4) is 23.7 Å². The molecular formula is C24H37NO5. The van der Waals surface area contributed by atoms with Crippen molar-refractivity contribution in [3.63, 3.8) is 0 Å². The summed E-state index contributed by atoms with van der Waals surface area (Å²) in [6.45, 7) is -0.304. The van der Waals surface area contributed by atoms with Gasteiger partial charge in [-0.3, -0.25) is 14.4 Å². The van der Waals surface area contributed by atoms with Gasteiger partial charge in [-0.2, -0.15) is 0 Å². The third kappa shape index (κ3) is 23.6. The molecule has 0 saturated heterocycles. The van der Waals surface area contributed by atoms with E-state index >= 15 is 0 Å². The van der Waals surface area contributed by atoms with Crippen molar-refractivity contribution in [3.05, 3.63) is 0 Å². The first-order valence-electron chi connectivity index (χ1n) is 11.2. The van der Waals surface area contributed by atoms with Gasteiger partial charge in [-0.1, -0.05) is 63.2 Å². The van der Waals surface area contributed by atoms with E-state index in [1.165, 1.54) is 0 Å². The fraction of sp³-hybridized carbons (Fsp3) is 0.708. The summed E-state index contributed by atoms with van der Waals surface area (Å²) in [6, 6.07) is 0. The van der Waals surface area contributed by atoms with E-state index in [0.717, 1.165) is 89.9 Å². The van der Waals surface area contributed by atoms with Crippen LogP contribution in [0.25, 0.3) is 0 Å². The number of unbranched alkanes of at least 4 members (excludes halogenated alkanes) is 12. The Labute approximate surface area is 181 Å². The summed E-state index contributed by atoms with van der Waals surface area (Å²) in [5, 5.41) is 19.4. The molecule has 0 bridgehead atoms. The molecule has 0 rings (SSSR count). The maximum Gasteiger partial charge on any atom is 0.322 e. The monoisotopic (exact) mass is 419 g/mol. The lowest BCUT2D eigenvalue weighted by Gasteiger charge is -2.02. The molecule has 0 radical (unpaired) electrons. The Morgan fingerprint density at radius 1 is 0.567 bits per heavy atom. The predicted molar refractivity (Wildman–Crippen MR) is 118 cm³/mol. The zero-order valence-electron chi connectivity index (χ0n) is 18.1. The summed E-state index contributed by atoms with van der Waals surface area (Å²) in [6.07, 6.45) is 14.8. The highest BCUT2D eigenvalue weighted by Crippen LogP contribution is 2.09. The number of nitrogens with one attached hydrogen (secondary N) is 1. The molecule has 0 saturated carbocycles. The number of carboxylic acids is 2. The largest absolute Gasteiger partial charge is 0.481 e. The molecule has 0 heterocycles. The second-order valence-corrected chi connectivity index (χ2v) is 7.41. The number of rotatable bonds is 18. The van der Waals surface area contributed by atoms with Crippen LogP contribution in [-0.4, -0.2) is 34.6 Å². The average Bonchev–Trinajstić information content (AvgIpc) is 2.70. The molecule has 168 valence electrons. The molecule has 0 spiro atoms. The molecule has 1 amide bonds. The fourth-order valence-corrected chi connectivity index (χ4v) is 2.88. The molecule has 0 aliphatic heterocycles. The summed E-state index contributed by atoms with van der Waals surface area (Å²) in [7, 11) is 0. The van der Waals surface area contributed by atoms with Crippen molar-refractivity contribution in [1.29, 1.82) is 0 Å². The highest BCUT2D eigenvalue weighted by Gasteiger charge is 2.03. The quantitative estimate of drug-likeness (QED) is 0.224. The lowest BCUT2D eigenvalue weighted by molar-refractivity contribution is -0.138. The molecule has 6 heteroatoms. The Morgan fingerprint density at radius 2 is 1.00 bits per heavy atom. The van der Waals surface area contributed by atoms with Crippen molar-refractivity contribution in [2.24, 2.45) is 0 Å². The Balaban J connectivity index is 3.35. The first-order valence-corrected chi connectivity index (χ1v) is 11.2. The van der Waals surface area contributed by atoms with E-state index in [1.54, 1.807) is 0 Å². The van der Waals surface area contributed by atoms with E-state index in [-0.39, 0.29) is 18.9 Å². The van der Waals surface area contributed by atoms with Crippen LogP contribution in [0.15, 0.2) is 0 Å². The fourth-order valence-electron chi connectivity index (χ4n) is 2.88. The number of aliphatic carboxylic acids is 2. The third-order valence-electron chi connectivity index (χ3n) is 4.57. The van der Waals surface area contributed by atoms with Crippen LogP contribution in [0.2, 0.25) is 0 Å². The van der Waals surface area contributed by atoms with Crippen LogP contribution in [0.1, 0.15) is 103 Å². The van der Waals surface area contributed by atoms with E-state index in [9.17, 15) is 14.4 Å². The summed E-state index contributed by atoms with van der Waals surface area (Å²) >= 11 is 0. The van der Waals surface area contributed by atoms with Gasteiger partial charge in [-0.25, -0.2) is 0 Å². The van der Waals surface area contributed by atoms with Gasteiger partial charge in [0.05, 0.1) is 0 Å². The van der Waals surface area contributed by atoms with Gasteiger partial charge in [-0.15, -0.1) is 0 Å². The van der Waals surface area contributed by atoms with Crippen LogP contribution in [0.4, 0.5) is 0 Å². The smallest absolute Gasteiger partial charge is 0.322 e. The highest BCUT2D eigenvalue weighted by molar-refractivity contribution is 5.80. The van der Waals surface area contributed by atoms with E-state index in [0.29, 0.717) is 6.42 Å². The molecule has 3 N–H and O–H groups in total. The number of carboxylic acid groups (broad SMARTS) is 2. The first-order chi connectivity index (χ1) is 14.5. The standard InChI is InChI=1S/C24H37NO5/c26-22(25-21-24(29)30)19-17-15-13-11-9-7-5-3-1-2-4-6-8-10-12-14-16-18-20-23(27)28/h5-21H2,(H,25,26)(H,27,28)(H,29,30). The predicted octanol–water partition coefficient (Wildman–Crippen LogP) is 4.52. The van der Waals surface area contributed by atoms with Gasteiger partial charge in [0, 0.05) is 25.7 Å². The van der Waals surface area contributed by atoms with Gasteiger partial charge in [0.1, 0.15) is 6.54 Å². The minimum absolute atomic E-state index is 0.193. The van der Waals surface area contributed by atoms with Gasteiger partial charge in [0.25, 0.3) is 0 Å². The molecule has 6 nitrogen and oxygen atoms in total. The molecule has 0 atom stereocenters. The minimum Gasteiger partial charge on any atom is -0.481 e. The average molecular weight is 420 g/mol. The number of amides is 1. The van der Waals surface area contributed by atoms with Crippen LogP contribution in [0.5, 0.6) is 0 Å². The van der Waals surface area contributed by atoms with E-state index < -0.39 is 11.9 Å². The Morgan fingerprint density at radius 3 is 1.47 bits per heavy atom. The van der Waals surface area contributed by atoms with Crippen LogP contribution >= 0.6 is 0 Å². The number of carbonyl (C=O) groups is 3. The van der Waals surface area contributed by atoms with Gasteiger partial charge in [-0.05, 0) is 37.5 Å². The summed E-state index contributed by atoms with van der Waals surface area (Å²) in [4.78, 5) is 32.0. The van der Waals surface area contributed by atoms with Crippen molar-refractivity contribution >= 4 is 17.8 Å². The molecule has 0 fully saturated rings. The Hall–Kier alpha value is -2.47. The van der Waals surface area contributed by atoms with E-state index in [4.69, 9.17) is 10.2 Å². The van der Waals surface area contributed by atoms with Crippen molar-refractivity contribution in [1.82, 2.24) is 5.32 Å². The SMILES string of the molecule is O=C(O)CCCCCCCCC#CC#CCCCCCCCCC(=O)NCC(=O)O. The molecule has 0 aromatic heterocycles. The second-order valence-electron chi connectivity index (χ2n) is 7.41. The normalized spacial score (nSPS) is 9.73. The minimum atomic E-state index is -1.02. The van der Waals surface area contributed by atoms with Crippen LogP contribution in [-0.2, 0) is 14.4 Å². The Kier molecular flexibility index (Phi) is 19.5. The molecule has 0 unspecified atom stereocenters. The lowest BCUT2D eigenvalue weighted by Crippen LogP contribution is -2.28. The van der Waals surface area contributed by atoms with Crippen LogP contribution in [0, 0.1) is 23.7 Å². The summed E-state index contributed by atoms with van der Waals surface area (Å²) in [5.74, 6) is 10.1. The van der Waals surface area contributed by atoms with Crippen molar-refractivity contribution < 1.29 is 24.6 Å². The maximum absolute atomic E-state index is 11.3. The summed E-state index contributed by atoms with van der Waals surface area (Å²) < 4.78 is 0. The Bertz CT molecular complexity index is 607. The molecule has 0 aromatic rings. The first kappa shape index (κ1) is 27.5. The molecule has 0 aliphatic carbocycles. The van der Waals surface area contributed by atoms with Gasteiger partial charge < -0.3 is 15.5 Å².